The van der Waals surface area contributed by atoms with E-state index in [2.05, 4.69) is 16.4 Å². The number of para-hydroxylation sites is 1. The van der Waals surface area contributed by atoms with Crippen molar-refractivity contribution in [2.24, 2.45) is 0 Å². The molecule has 27 heavy (non-hydrogen) atoms. The molecule has 5 heteroatoms. The molecule has 1 N–H and O–H groups in total. The zero-order chi connectivity index (χ0) is 18.8. The van der Waals surface area contributed by atoms with Crippen LogP contribution in [0.15, 0.2) is 60.8 Å². The molecule has 1 aliphatic heterocycles. The fourth-order valence-corrected chi connectivity index (χ4v) is 3.39. The molecular weight excluding hydrogens is 338 g/mol. The number of benzene rings is 2. The number of nitrogens with zero attached hydrogens (tertiary/aromatic N) is 2. The van der Waals surface area contributed by atoms with E-state index in [1.165, 1.54) is 5.56 Å². The molecular formula is C22H21N3O2. The standard InChI is InChI=1S/C22H21N3O2/c1-15-7-8-20(27-2)18(13-15)24-21-14-17(9-11-23-21)22(26)25-12-10-16-5-3-4-6-19(16)25/h3-9,11,13-14H,10,12H2,1-2H3,(H,23,24). The van der Waals surface area contributed by atoms with Crippen LogP contribution in [-0.2, 0) is 6.42 Å². The third kappa shape index (κ3) is 3.36. The maximum absolute atomic E-state index is 13.0. The van der Waals surface area contributed by atoms with E-state index in [9.17, 15) is 4.79 Å². The summed E-state index contributed by atoms with van der Waals surface area (Å²) in [4.78, 5) is 19.2. The largest absolute Gasteiger partial charge is 0.495 e. The lowest BCUT2D eigenvalue weighted by Crippen LogP contribution is -2.28. The zero-order valence-corrected chi connectivity index (χ0v) is 15.4. The minimum absolute atomic E-state index is 0.0124. The van der Waals surface area contributed by atoms with Crippen LogP contribution in [0.2, 0.25) is 0 Å². The number of nitrogens with one attached hydrogen (secondary N) is 1. The number of anilines is 3. The van der Waals surface area contributed by atoms with Gasteiger partial charge in [-0.05, 0) is 54.8 Å². The van der Waals surface area contributed by atoms with E-state index in [0.29, 0.717) is 17.9 Å². The second kappa shape index (κ2) is 7.11. The van der Waals surface area contributed by atoms with Crippen LogP contribution >= 0.6 is 0 Å². The maximum atomic E-state index is 13.0. The lowest BCUT2D eigenvalue weighted by Gasteiger charge is -2.18. The summed E-state index contributed by atoms with van der Waals surface area (Å²) < 4.78 is 5.41. The smallest absolute Gasteiger partial charge is 0.258 e. The van der Waals surface area contributed by atoms with Crippen molar-refractivity contribution >= 4 is 23.1 Å². The molecule has 0 saturated carbocycles. The van der Waals surface area contributed by atoms with Crippen LogP contribution in [0.3, 0.4) is 0 Å². The van der Waals surface area contributed by atoms with Crippen molar-refractivity contribution in [3.05, 3.63) is 77.5 Å². The van der Waals surface area contributed by atoms with Gasteiger partial charge in [0.1, 0.15) is 11.6 Å². The van der Waals surface area contributed by atoms with E-state index in [1.54, 1.807) is 25.4 Å². The van der Waals surface area contributed by atoms with Crippen LogP contribution in [0.1, 0.15) is 21.5 Å². The fraction of sp³-hybridized carbons (Fsp3) is 0.182. The molecule has 136 valence electrons. The van der Waals surface area contributed by atoms with Gasteiger partial charge in [-0.1, -0.05) is 24.3 Å². The number of fused-ring (bicyclic) bond motifs is 1. The number of hydrogen-bond acceptors (Lipinski definition) is 4. The molecule has 0 unspecified atom stereocenters. The summed E-state index contributed by atoms with van der Waals surface area (Å²) in [5.41, 5.74) is 4.74. The van der Waals surface area contributed by atoms with Crippen LogP contribution in [0, 0.1) is 6.92 Å². The fourth-order valence-electron chi connectivity index (χ4n) is 3.39. The monoisotopic (exact) mass is 359 g/mol. The van der Waals surface area contributed by atoms with Gasteiger partial charge in [0.2, 0.25) is 0 Å². The maximum Gasteiger partial charge on any atom is 0.258 e. The first-order chi connectivity index (χ1) is 13.2. The van der Waals surface area contributed by atoms with Crippen molar-refractivity contribution in [2.45, 2.75) is 13.3 Å². The minimum Gasteiger partial charge on any atom is -0.495 e. The summed E-state index contributed by atoms with van der Waals surface area (Å²) in [5.74, 6) is 1.33. The highest BCUT2D eigenvalue weighted by Crippen LogP contribution is 2.30. The Morgan fingerprint density at radius 2 is 2.00 bits per heavy atom. The first kappa shape index (κ1) is 17.1. The SMILES string of the molecule is COc1ccc(C)cc1Nc1cc(C(=O)N2CCc3ccccc32)ccn1. The summed E-state index contributed by atoms with van der Waals surface area (Å²) in [6.07, 6.45) is 2.54. The molecule has 1 amide bonds. The van der Waals surface area contributed by atoms with Gasteiger partial charge in [-0.2, -0.15) is 0 Å². The number of methoxy groups -OCH3 is 1. The normalized spacial score (nSPS) is 12.6. The predicted octanol–water partition coefficient (Wildman–Crippen LogP) is 4.35. The molecule has 0 fully saturated rings. The Morgan fingerprint density at radius 1 is 1.15 bits per heavy atom. The van der Waals surface area contributed by atoms with Crippen molar-refractivity contribution in [3.63, 3.8) is 0 Å². The number of ether oxygens (including phenoxy) is 1. The Kier molecular flexibility index (Phi) is 4.50. The van der Waals surface area contributed by atoms with Crippen molar-refractivity contribution in [2.75, 3.05) is 23.9 Å². The van der Waals surface area contributed by atoms with Gasteiger partial charge in [-0.15, -0.1) is 0 Å². The minimum atomic E-state index is -0.0124. The summed E-state index contributed by atoms with van der Waals surface area (Å²) in [7, 11) is 1.63. The van der Waals surface area contributed by atoms with Crippen LogP contribution < -0.4 is 15.0 Å². The lowest BCUT2D eigenvalue weighted by molar-refractivity contribution is 0.0989. The Balaban J connectivity index is 1.60. The molecule has 0 bridgehead atoms. The average molecular weight is 359 g/mol. The van der Waals surface area contributed by atoms with Gasteiger partial charge in [-0.25, -0.2) is 4.98 Å². The van der Waals surface area contributed by atoms with Crippen LogP contribution in [0.25, 0.3) is 0 Å². The Bertz CT molecular complexity index is 1000. The third-order valence-electron chi connectivity index (χ3n) is 4.76. The number of carbonyl (C=O) groups is 1. The highest BCUT2D eigenvalue weighted by Gasteiger charge is 2.25. The summed E-state index contributed by atoms with van der Waals surface area (Å²) >= 11 is 0. The summed E-state index contributed by atoms with van der Waals surface area (Å²) in [5, 5.41) is 3.26. The highest BCUT2D eigenvalue weighted by atomic mass is 16.5. The van der Waals surface area contributed by atoms with E-state index < -0.39 is 0 Å². The van der Waals surface area contributed by atoms with Gasteiger partial charge < -0.3 is 15.0 Å². The Hall–Kier alpha value is -3.34. The van der Waals surface area contributed by atoms with Crippen LogP contribution in [0.5, 0.6) is 5.75 Å². The molecule has 0 spiro atoms. The van der Waals surface area contributed by atoms with Crippen LogP contribution in [-0.4, -0.2) is 24.5 Å². The third-order valence-corrected chi connectivity index (χ3v) is 4.76. The predicted molar refractivity (Wildman–Crippen MR) is 107 cm³/mol. The molecule has 4 rings (SSSR count). The van der Waals surface area contributed by atoms with E-state index in [0.717, 1.165) is 29.1 Å². The highest BCUT2D eigenvalue weighted by molar-refractivity contribution is 6.07. The second-order valence-corrected chi connectivity index (χ2v) is 6.59. The first-order valence-electron chi connectivity index (χ1n) is 8.93. The molecule has 2 heterocycles. The van der Waals surface area contributed by atoms with Gasteiger partial charge in [0.15, 0.2) is 0 Å². The van der Waals surface area contributed by atoms with E-state index in [-0.39, 0.29) is 5.91 Å². The van der Waals surface area contributed by atoms with Gasteiger partial charge in [-0.3, -0.25) is 4.79 Å². The molecule has 0 saturated heterocycles. The molecule has 3 aromatic rings. The van der Waals surface area contributed by atoms with Gasteiger partial charge >= 0.3 is 0 Å². The van der Waals surface area contributed by atoms with Crippen molar-refractivity contribution in [3.8, 4) is 5.75 Å². The Labute approximate surface area is 158 Å². The number of pyridine rings is 1. The number of aryl methyl sites for hydroxylation is 1. The number of hydrogen-bond donors (Lipinski definition) is 1. The van der Waals surface area contributed by atoms with Gasteiger partial charge in [0, 0.05) is 24.0 Å². The molecule has 0 aliphatic carbocycles. The number of aromatic nitrogens is 1. The molecule has 1 aromatic heterocycles. The quantitative estimate of drug-likeness (QED) is 0.753. The number of amides is 1. The number of carbonyl (C=O) groups excluding carboxylic acids is 1. The molecule has 5 nitrogen and oxygen atoms in total. The molecule has 1 aliphatic rings. The number of rotatable bonds is 4. The topological polar surface area (TPSA) is 54.5 Å². The lowest BCUT2D eigenvalue weighted by atomic mass is 10.1. The second-order valence-electron chi connectivity index (χ2n) is 6.59. The summed E-state index contributed by atoms with van der Waals surface area (Å²) in [6.45, 7) is 2.72. The Morgan fingerprint density at radius 3 is 2.85 bits per heavy atom. The van der Waals surface area contributed by atoms with Gasteiger partial charge in [0.05, 0.1) is 12.8 Å². The first-order valence-corrected chi connectivity index (χ1v) is 8.93. The van der Waals surface area contributed by atoms with Crippen molar-refractivity contribution in [1.29, 1.82) is 0 Å². The van der Waals surface area contributed by atoms with Crippen LogP contribution in [0.4, 0.5) is 17.2 Å². The van der Waals surface area contributed by atoms with Crippen molar-refractivity contribution in [1.82, 2.24) is 4.98 Å². The van der Waals surface area contributed by atoms with E-state index >= 15 is 0 Å². The molecule has 2 aromatic carbocycles. The van der Waals surface area contributed by atoms with Gasteiger partial charge in [0.25, 0.3) is 5.91 Å². The van der Waals surface area contributed by atoms with E-state index in [1.807, 2.05) is 48.2 Å². The molecule has 0 atom stereocenters. The summed E-state index contributed by atoms with van der Waals surface area (Å²) in [6, 6.07) is 17.5. The average Bonchev–Trinajstić information content (AvgIpc) is 3.12. The van der Waals surface area contributed by atoms with Crippen molar-refractivity contribution < 1.29 is 9.53 Å². The zero-order valence-electron chi connectivity index (χ0n) is 15.4. The molecule has 0 radical (unpaired) electrons. The van der Waals surface area contributed by atoms with E-state index in [4.69, 9.17) is 4.74 Å².